The summed E-state index contributed by atoms with van der Waals surface area (Å²) in [5, 5.41) is 13.1. The van der Waals surface area contributed by atoms with E-state index in [1.54, 1.807) is 0 Å². The van der Waals surface area contributed by atoms with Gasteiger partial charge in [-0.15, -0.1) is 0 Å². The molecule has 3 aromatic heterocycles. The van der Waals surface area contributed by atoms with Gasteiger partial charge in [0.25, 0.3) is 0 Å². The molecular formula is C51H31N3. The van der Waals surface area contributed by atoms with E-state index in [1.807, 2.05) is 24.5 Å². The second-order valence-electron chi connectivity index (χ2n) is 13.9. The van der Waals surface area contributed by atoms with Crippen LogP contribution in [0.3, 0.4) is 0 Å². The molecule has 8 aromatic carbocycles. The minimum Gasteiger partial charge on any atom is -0.265 e. The predicted molar refractivity (Wildman–Crippen MR) is 227 cm³/mol. The Morgan fingerprint density at radius 1 is 0.333 bits per heavy atom. The molecule has 0 saturated heterocycles. The van der Waals surface area contributed by atoms with Crippen molar-refractivity contribution in [3.63, 3.8) is 0 Å². The zero-order valence-electron chi connectivity index (χ0n) is 29.2. The Morgan fingerprint density at radius 2 is 0.907 bits per heavy atom. The number of rotatable bonds is 4. The van der Waals surface area contributed by atoms with E-state index in [0.29, 0.717) is 0 Å². The molecule has 0 amide bonds. The smallest absolute Gasteiger partial charge is 0.0788 e. The average Bonchev–Trinajstić information content (AvgIpc) is 3.25. The first-order valence-corrected chi connectivity index (χ1v) is 18.4. The van der Waals surface area contributed by atoms with Gasteiger partial charge in [0, 0.05) is 45.2 Å². The highest BCUT2D eigenvalue weighted by atomic mass is 14.7. The standard InChI is InChI=1S/C51H31N3/c1-2-13-33(14-3-1)51-44-31-42(36-17-6-7-18-37(36)49(44)43-29-34-15-4-5-16-35(34)30-47(43)54-51)48-38-19-8-10-21-40(38)50(41-22-11-9-20-39(41)48)46-24-12-23-45(53-46)32-25-27-52-28-26-32/h1-31H. The highest BCUT2D eigenvalue weighted by Crippen LogP contribution is 2.48. The summed E-state index contributed by atoms with van der Waals surface area (Å²) in [5.74, 6) is 0. The fourth-order valence-corrected chi connectivity index (χ4v) is 8.53. The van der Waals surface area contributed by atoms with Gasteiger partial charge < -0.3 is 0 Å². The maximum Gasteiger partial charge on any atom is 0.0788 e. The summed E-state index contributed by atoms with van der Waals surface area (Å²) in [6.45, 7) is 0. The molecule has 0 saturated carbocycles. The van der Waals surface area contributed by atoms with E-state index in [0.717, 1.165) is 50.1 Å². The highest BCUT2D eigenvalue weighted by Gasteiger charge is 2.22. The Hall–Kier alpha value is -7.23. The Kier molecular flexibility index (Phi) is 6.86. The van der Waals surface area contributed by atoms with Crippen LogP contribution < -0.4 is 0 Å². The maximum absolute atomic E-state index is 5.46. The van der Waals surface area contributed by atoms with Crippen molar-refractivity contribution in [1.29, 1.82) is 0 Å². The fraction of sp³-hybridized carbons (Fsp3) is 0. The van der Waals surface area contributed by atoms with E-state index in [-0.39, 0.29) is 0 Å². The number of fused-ring (bicyclic) bond motifs is 8. The largest absolute Gasteiger partial charge is 0.265 e. The number of pyridine rings is 3. The van der Waals surface area contributed by atoms with Gasteiger partial charge in [0.05, 0.1) is 22.6 Å². The van der Waals surface area contributed by atoms with Crippen molar-refractivity contribution in [1.82, 2.24) is 15.0 Å². The van der Waals surface area contributed by atoms with Crippen molar-refractivity contribution >= 4 is 64.8 Å². The van der Waals surface area contributed by atoms with Gasteiger partial charge in [-0.1, -0.05) is 133 Å². The highest BCUT2D eigenvalue weighted by molar-refractivity contribution is 6.30. The van der Waals surface area contributed by atoms with E-state index < -0.39 is 0 Å². The van der Waals surface area contributed by atoms with Gasteiger partial charge in [-0.05, 0) is 96.7 Å². The van der Waals surface area contributed by atoms with Crippen LogP contribution in [0.2, 0.25) is 0 Å². The fourth-order valence-electron chi connectivity index (χ4n) is 8.53. The summed E-state index contributed by atoms with van der Waals surface area (Å²) < 4.78 is 0. The lowest BCUT2D eigenvalue weighted by molar-refractivity contribution is 1.29. The van der Waals surface area contributed by atoms with Gasteiger partial charge >= 0.3 is 0 Å². The summed E-state index contributed by atoms with van der Waals surface area (Å²) in [4.78, 5) is 15.0. The summed E-state index contributed by atoms with van der Waals surface area (Å²) >= 11 is 0. The molecule has 11 aromatic rings. The lowest BCUT2D eigenvalue weighted by atomic mass is 9.83. The molecule has 250 valence electrons. The third kappa shape index (κ3) is 4.72. The molecule has 0 bridgehead atoms. The second kappa shape index (κ2) is 12.2. The molecule has 54 heavy (non-hydrogen) atoms. The summed E-state index contributed by atoms with van der Waals surface area (Å²) in [6.07, 6.45) is 3.64. The zero-order chi connectivity index (χ0) is 35.6. The van der Waals surface area contributed by atoms with Crippen LogP contribution in [0, 0.1) is 0 Å². The van der Waals surface area contributed by atoms with Crippen LogP contribution >= 0.6 is 0 Å². The third-order valence-corrected chi connectivity index (χ3v) is 10.9. The van der Waals surface area contributed by atoms with Crippen molar-refractivity contribution in [3.05, 3.63) is 188 Å². The summed E-state index contributed by atoms with van der Waals surface area (Å²) in [5.41, 5.74) is 9.54. The molecule has 0 unspecified atom stereocenters. The van der Waals surface area contributed by atoms with Crippen molar-refractivity contribution in [2.75, 3.05) is 0 Å². The van der Waals surface area contributed by atoms with Crippen LogP contribution in [0.25, 0.3) is 110 Å². The number of benzene rings is 8. The van der Waals surface area contributed by atoms with E-state index in [9.17, 15) is 0 Å². The molecule has 0 spiro atoms. The van der Waals surface area contributed by atoms with Crippen molar-refractivity contribution in [2.45, 2.75) is 0 Å². The number of nitrogens with zero attached hydrogens (tertiary/aromatic N) is 3. The van der Waals surface area contributed by atoms with Crippen LogP contribution in [0.15, 0.2) is 188 Å². The third-order valence-electron chi connectivity index (χ3n) is 10.9. The Balaban J connectivity index is 1.28. The van der Waals surface area contributed by atoms with Gasteiger partial charge in [0.15, 0.2) is 0 Å². The van der Waals surface area contributed by atoms with Crippen LogP contribution in [0.1, 0.15) is 0 Å². The SMILES string of the molecule is c1ccc(-c2nc3cc4ccccc4cc3c3c2cc(-c2c4ccccc4c(-c4cccc(-c5ccncc5)n4)c4ccccc24)c2ccccc23)cc1. The molecule has 3 nitrogen and oxygen atoms in total. The van der Waals surface area contributed by atoms with Crippen LogP contribution in [-0.2, 0) is 0 Å². The lowest BCUT2D eigenvalue weighted by Crippen LogP contribution is -1.96. The van der Waals surface area contributed by atoms with E-state index in [4.69, 9.17) is 9.97 Å². The van der Waals surface area contributed by atoms with Crippen LogP contribution in [0.4, 0.5) is 0 Å². The molecule has 0 atom stereocenters. The first kappa shape index (κ1) is 30.4. The van der Waals surface area contributed by atoms with E-state index in [2.05, 4.69) is 169 Å². The molecular weight excluding hydrogens is 655 g/mol. The minimum absolute atomic E-state index is 0.925. The molecule has 0 fully saturated rings. The average molecular weight is 686 g/mol. The van der Waals surface area contributed by atoms with E-state index in [1.165, 1.54) is 59.6 Å². The molecule has 0 radical (unpaired) electrons. The van der Waals surface area contributed by atoms with Crippen molar-refractivity contribution < 1.29 is 0 Å². The number of aromatic nitrogens is 3. The maximum atomic E-state index is 5.46. The zero-order valence-corrected chi connectivity index (χ0v) is 29.2. The van der Waals surface area contributed by atoms with Crippen LogP contribution in [-0.4, -0.2) is 15.0 Å². The molecule has 3 heteroatoms. The van der Waals surface area contributed by atoms with Gasteiger partial charge in [0.1, 0.15) is 0 Å². The Bertz CT molecular complexity index is 3200. The minimum atomic E-state index is 0.925. The summed E-state index contributed by atoms with van der Waals surface area (Å²) in [7, 11) is 0. The van der Waals surface area contributed by atoms with Gasteiger partial charge in [-0.25, -0.2) is 9.97 Å². The molecule has 0 aliphatic carbocycles. The van der Waals surface area contributed by atoms with Gasteiger partial charge in [-0.2, -0.15) is 0 Å². The number of hydrogen-bond acceptors (Lipinski definition) is 3. The summed E-state index contributed by atoms with van der Waals surface area (Å²) in [6, 6.07) is 63.1. The first-order valence-electron chi connectivity index (χ1n) is 18.4. The first-order chi connectivity index (χ1) is 26.8. The molecule has 3 heterocycles. The quantitative estimate of drug-likeness (QED) is 0.137. The van der Waals surface area contributed by atoms with E-state index >= 15 is 0 Å². The molecule has 0 aliphatic rings. The van der Waals surface area contributed by atoms with Gasteiger partial charge in [0.2, 0.25) is 0 Å². The predicted octanol–water partition coefficient (Wildman–Crippen LogP) is 13.5. The Morgan fingerprint density at radius 3 is 1.61 bits per heavy atom. The molecule has 0 N–H and O–H groups in total. The topological polar surface area (TPSA) is 38.7 Å². The van der Waals surface area contributed by atoms with Crippen LogP contribution in [0.5, 0.6) is 0 Å². The van der Waals surface area contributed by atoms with Crippen molar-refractivity contribution in [3.8, 4) is 44.9 Å². The van der Waals surface area contributed by atoms with Gasteiger partial charge in [-0.3, -0.25) is 4.98 Å². The normalized spacial score (nSPS) is 11.7. The molecule has 11 rings (SSSR count). The Labute approximate surface area is 311 Å². The van der Waals surface area contributed by atoms with Crippen molar-refractivity contribution in [2.24, 2.45) is 0 Å². The number of hydrogen-bond donors (Lipinski definition) is 0. The second-order valence-corrected chi connectivity index (χ2v) is 13.9. The lowest BCUT2D eigenvalue weighted by Gasteiger charge is -2.21. The molecule has 0 aliphatic heterocycles. The monoisotopic (exact) mass is 685 g/mol.